The van der Waals surface area contributed by atoms with Gasteiger partial charge in [0.1, 0.15) is 35.6 Å². The molecule has 1 aromatic heterocycles. The van der Waals surface area contributed by atoms with Gasteiger partial charge < -0.3 is 16.2 Å². The third kappa shape index (κ3) is 4.32. The molecule has 0 aliphatic heterocycles. The SMILES string of the molecule is NC(=O)OCc1ccc(N(C(N)=O)c2c(F)cccc2F)nc1-c1ccc(F)cc1. The number of halogens is 3. The molecule has 0 unspecified atom stereocenters. The Morgan fingerprint density at radius 1 is 0.933 bits per heavy atom. The number of hydrogen-bond donors (Lipinski definition) is 2. The van der Waals surface area contributed by atoms with Crippen LogP contribution in [0.3, 0.4) is 0 Å². The van der Waals surface area contributed by atoms with Crippen LogP contribution in [0.2, 0.25) is 0 Å². The zero-order valence-corrected chi connectivity index (χ0v) is 15.3. The van der Waals surface area contributed by atoms with Crippen molar-refractivity contribution >= 4 is 23.6 Å². The fourth-order valence-electron chi connectivity index (χ4n) is 2.77. The number of rotatable bonds is 5. The highest BCUT2D eigenvalue weighted by molar-refractivity contribution is 5.98. The van der Waals surface area contributed by atoms with E-state index < -0.39 is 35.3 Å². The van der Waals surface area contributed by atoms with Gasteiger partial charge in [0, 0.05) is 11.1 Å². The highest BCUT2D eigenvalue weighted by Gasteiger charge is 2.25. The fourth-order valence-corrected chi connectivity index (χ4v) is 2.77. The molecule has 3 rings (SSSR count). The van der Waals surface area contributed by atoms with Gasteiger partial charge in [-0.3, -0.25) is 0 Å². The summed E-state index contributed by atoms with van der Waals surface area (Å²) in [5.74, 6) is -2.76. The lowest BCUT2D eigenvalue weighted by Crippen LogP contribution is -2.33. The first-order valence-electron chi connectivity index (χ1n) is 8.49. The summed E-state index contributed by atoms with van der Waals surface area (Å²) in [5, 5.41) is 0. The van der Waals surface area contributed by atoms with Gasteiger partial charge in [0.05, 0.1) is 5.69 Å². The van der Waals surface area contributed by atoms with Crippen molar-refractivity contribution in [2.45, 2.75) is 6.61 Å². The number of aromatic nitrogens is 1. The van der Waals surface area contributed by atoms with Crippen molar-refractivity contribution in [1.82, 2.24) is 4.98 Å². The molecule has 2 aromatic carbocycles. The Labute approximate surface area is 168 Å². The highest BCUT2D eigenvalue weighted by atomic mass is 19.1. The van der Waals surface area contributed by atoms with Crippen molar-refractivity contribution in [3.63, 3.8) is 0 Å². The second-order valence-electron chi connectivity index (χ2n) is 6.04. The average Bonchev–Trinajstić information content (AvgIpc) is 2.69. The monoisotopic (exact) mass is 416 g/mol. The molecule has 0 saturated carbocycles. The molecule has 0 bridgehead atoms. The first kappa shape index (κ1) is 20.6. The van der Waals surface area contributed by atoms with Crippen LogP contribution in [0.1, 0.15) is 5.56 Å². The molecule has 0 spiro atoms. The molecular formula is C20H15F3N4O3. The second kappa shape index (κ2) is 8.52. The van der Waals surface area contributed by atoms with E-state index >= 15 is 0 Å². The maximum absolute atomic E-state index is 14.3. The molecule has 0 fully saturated rings. The smallest absolute Gasteiger partial charge is 0.404 e. The van der Waals surface area contributed by atoms with E-state index in [9.17, 15) is 22.8 Å². The van der Waals surface area contributed by atoms with Gasteiger partial charge in [0.15, 0.2) is 0 Å². The van der Waals surface area contributed by atoms with Gasteiger partial charge in [-0.1, -0.05) is 6.07 Å². The maximum atomic E-state index is 14.3. The summed E-state index contributed by atoms with van der Waals surface area (Å²) in [6.45, 7) is -0.278. The van der Waals surface area contributed by atoms with E-state index in [2.05, 4.69) is 4.98 Å². The number of benzene rings is 2. The minimum Gasteiger partial charge on any atom is -0.445 e. The average molecular weight is 416 g/mol. The van der Waals surface area contributed by atoms with Crippen LogP contribution in [0.4, 0.5) is 34.3 Å². The predicted molar refractivity (Wildman–Crippen MR) is 102 cm³/mol. The van der Waals surface area contributed by atoms with Crippen LogP contribution in [-0.2, 0) is 11.3 Å². The van der Waals surface area contributed by atoms with E-state index in [0.717, 1.165) is 18.2 Å². The summed E-state index contributed by atoms with van der Waals surface area (Å²) in [6.07, 6.45) is -1.03. The van der Waals surface area contributed by atoms with E-state index in [0.29, 0.717) is 16.0 Å². The van der Waals surface area contributed by atoms with E-state index in [-0.39, 0.29) is 18.1 Å². The Morgan fingerprint density at radius 2 is 1.57 bits per heavy atom. The van der Waals surface area contributed by atoms with E-state index in [4.69, 9.17) is 16.2 Å². The molecule has 0 saturated heterocycles. The molecular weight excluding hydrogens is 401 g/mol. The lowest BCUT2D eigenvalue weighted by Gasteiger charge is -2.22. The molecule has 1 heterocycles. The van der Waals surface area contributed by atoms with E-state index in [1.165, 1.54) is 36.4 Å². The van der Waals surface area contributed by atoms with Crippen molar-refractivity contribution in [2.75, 3.05) is 4.90 Å². The van der Waals surface area contributed by atoms with Crippen LogP contribution in [0, 0.1) is 17.5 Å². The van der Waals surface area contributed by atoms with E-state index in [1.807, 2.05) is 0 Å². The van der Waals surface area contributed by atoms with Gasteiger partial charge in [0.2, 0.25) is 0 Å². The molecule has 7 nitrogen and oxygen atoms in total. The Balaban J connectivity index is 2.16. The fraction of sp³-hybridized carbons (Fsp3) is 0.0500. The number of primary amides is 2. The summed E-state index contributed by atoms with van der Waals surface area (Å²) in [7, 11) is 0. The number of nitrogens with zero attached hydrogens (tertiary/aromatic N) is 2. The van der Waals surface area contributed by atoms with E-state index in [1.54, 1.807) is 0 Å². The van der Waals surface area contributed by atoms with Crippen molar-refractivity contribution < 1.29 is 27.5 Å². The van der Waals surface area contributed by atoms with Gasteiger partial charge >= 0.3 is 12.1 Å². The predicted octanol–water partition coefficient (Wildman–Crippen LogP) is 3.98. The zero-order valence-electron chi connectivity index (χ0n) is 15.3. The number of nitrogens with two attached hydrogens (primary N) is 2. The zero-order chi connectivity index (χ0) is 21.8. The van der Waals surface area contributed by atoms with Crippen LogP contribution < -0.4 is 16.4 Å². The third-order valence-corrected chi connectivity index (χ3v) is 4.06. The van der Waals surface area contributed by atoms with Gasteiger partial charge in [-0.15, -0.1) is 0 Å². The summed E-state index contributed by atoms with van der Waals surface area (Å²) in [5.41, 5.74) is 10.6. The molecule has 0 atom stereocenters. The van der Waals surface area contributed by atoms with Crippen LogP contribution in [-0.4, -0.2) is 17.1 Å². The molecule has 10 heteroatoms. The van der Waals surface area contributed by atoms with Crippen molar-refractivity contribution in [3.05, 3.63) is 77.6 Å². The van der Waals surface area contributed by atoms with Crippen LogP contribution in [0.15, 0.2) is 54.6 Å². The summed E-state index contributed by atoms with van der Waals surface area (Å²) >= 11 is 0. The first-order valence-corrected chi connectivity index (χ1v) is 8.49. The minimum absolute atomic E-state index is 0.164. The number of ether oxygens (including phenoxy) is 1. The van der Waals surface area contributed by atoms with Crippen molar-refractivity contribution in [2.24, 2.45) is 11.5 Å². The third-order valence-electron chi connectivity index (χ3n) is 4.06. The highest BCUT2D eigenvalue weighted by Crippen LogP contribution is 2.32. The molecule has 3 amide bonds. The summed E-state index contributed by atoms with van der Waals surface area (Å²) in [6, 6.07) is 9.69. The number of urea groups is 1. The number of carbonyl (C=O) groups is 2. The maximum Gasteiger partial charge on any atom is 0.404 e. The minimum atomic E-state index is -1.18. The number of carbonyl (C=O) groups excluding carboxylic acids is 2. The molecule has 0 radical (unpaired) electrons. The van der Waals surface area contributed by atoms with Gasteiger partial charge in [0.25, 0.3) is 0 Å². The molecule has 30 heavy (non-hydrogen) atoms. The Morgan fingerprint density at radius 3 is 2.13 bits per heavy atom. The quantitative estimate of drug-likeness (QED) is 0.655. The number of amides is 3. The van der Waals surface area contributed by atoms with Crippen molar-refractivity contribution in [3.8, 4) is 11.3 Å². The summed E-state index contributed by atoms with van der Waals surface area (Å²) < 4.78 is 46.7. The van der Waals surface area contributed by atoms with Gasteiger partial charge in [-0.2, -0.15) is 0 Å². The molecule has 0 aliphatic rings. The van der Waals surface area contributed by atoms with Crippen molar-refractivity contribution in [1.29, 1.82) is 0 Å². The topological polar surface area (TPSA) is 112 Å². The normalized spacial score (nSPS) is 10.5. The standard InChI is InChI=1S/C20H15F3N4O3/c21-13-7-4-11(5-8-13)17-12(10-30-20(25)29)6-9-16(26-17)27(19(24)28)18-14(22)2-1-3-15(18)23/h1-9H,10H2,(H2,24,28)(H2,25,29). The van der Waals surface area contributed by atoms with Crippen LogP contribution >= 0.6 is 0 Å². The number of pyridine rings is 1. The molecule has 0 aliphatic carbocycles. The number of hydrogen-bond acceptors (Lipinski definition) is 4. The molecule has 3 aromatic rings. The van der Waals surface area contributed by atoms with Crippen LogP contribution in [0.25, 0.3) is 11.3 Å². The Bertz CT molecular complexity index is 1090. The second-order valence-corrected chi connectivity index (χ2v) is 6.04. The first-order chi connectivity index (χ1) is 14.3. The number of para-hydroxylation sites is 1. The Kier molecular flexibility index (Phi) is 5.86. The lowest BCUT2D eigenvalue weighted by molar-refractivity contribution is 0.150. The molecule has 4 N–H and O–H groups in total. The van der Waals surface area contributed by atoms with Gasteiger partial charge in [-0.05, 0) is 48.5 Å². The largest absolute Gasteiger partial charge is 0.445 e. The molecule has 154 valence electrons. The van der Waals surface area contributed by atoms with Crippen LogP contribution in [0.5, 0.6) is 0 Å². The Hall–Kier alpha value is -4.08. The lowest BCUT2D eigenvalue weighted by atomic mass is 10.1. The number of anilines is 2. The summed E-state index contributed by atoms with van der Waals surface area (Å²) in [4.78, 5) is 27.8. The van der Waals surface area contributed by atoms with Gasteiger partial charge in [-0.25, -0.2) is 32.6 Å².